The monoisotopic (exact) mass is 436 g/mol. The molecule has 2 aliphatic rings. The number of para-hydroxylation sites is 1. The van der Waals surface area contributed by atoms with Gasteiger partial charge in [-0.2, -0.15) is 4.39 Å². The molecule has 0 spiro atoms. The van der Waals surface area contributed by atoms with Crippen LogP contribution in [0.25, 0.3) is 22.3 Å². The SMILES string of the molecule is O=CCCCC(=O)O[C@]1(F)C(=O)OCc2c1cc1n(c2=O)Cc2cc3ccccc3nc2-1. The Morgan fingerprint density at radius 1 is 1.28 bits per heavy atom. The molecule has 0 bridgehead atoms. The summed E-state index contributed by atoms with van der Waals surface area (Å²) in [4.78, 5) is 52.7. The molecule has 0 N–H and O–H groups in total. The Bertz CT molecular complexity index is 1360. The molecule has 2 aliphatic heterocycles. The lowest BCUT2D eigenvalue weighted by Gasteiger charge is -2.29. The molecule has 1 atom stereocenters. The lowest BCUT2D eigenvalue weighted by Crippen LogP contribution is -2.44. The first-order chi connectivity index (χ1) is 15.4. The summed E-state index contributed by atoms with van der Waals surface area (Å²) in [6, 6.07) is 10.7. The summed E-state index contributed by atoms with van der Waals surface area (Å²) in [5.41, 5.74) is 1.35. The average Bonchev–Trinajstić information content (AvgIpc) is 3.13. The highest BCUT2D eigenvalue weighted by atomic mass is 19.2. The predicted molar refractivity (Wildman–Crippen MR) is 109 cm³/mol. The smallest absolute Gasteiger partial charge is 0.390 e. The molecule has 3 aromatic rings. The molecule has 32 heavy (non-hydrogen) atoms. The van der Waals surface area contributed by atoms with E-state index in [9.17, 15) is 19.2 Å². The normalized spacial score (nSPS) is 18.5. The van der Waals surface area contributed by atoms with Crippen LogP contribution in [0.4, 0.5) is 4.39 Å². The number of halogens is 1. The third kappa shape index (κ3) is 3.00. The van der Waals surface area contributed by atoms with Crippen molar-refractivity contribution < 1.29 is 28.2 Å². The van der Waals surface area contributed by atoms with E-state index in [1.807, 2.05) is 30.3 Å². The molecule has 0 saturated carbocycles. The Morgan fingerprint density at radius 3 is 2.91 bits per heavy atom. The molecule has 0 fully saturated rings. The first-order valence-corrected chi connectivity index (χ1v) is 10.1. The Hall–Kier alpha value is -3.88. The standard InChI is InChI=1S/C23H17FN2O6/c24-23(32-19(28)7-3-4-8-27)16-10-18-20-14(9-13-5-1-2-6-17(13)25-20)11-26(18)21(29)15(16)12-31-22(23)30/h1-2,5-6,8-10H,3-4,7,11-12H2/t23-/m0/s1. The van der Waals surface area contributed by atoms with Crippen LogP contribution < -0.4 is 5.56 Å². The summed E-state index contributed by atoms with van der Waals surface area (Å²) in [5, 5.41) is 0.902. The van der Waals surface area contributed by atoms with Gasteiger partial charge < -0.3 is 18.8 Å². The van der Waals surface area contributed by atoms with Crippen LogP contribution in [0.1, 0.15) is 36.0 Å². The summed E-state index contributed by atoms with van der Waals surface area (Å²) in [6.45, 7) is -0.180. The van der Waals surface area contributed by atoms with E-state index in [-0.39, 0.29) is 36.9 Å². The van der Waals surface area contributed by atoms with Gasteiger partial charge in [-0.3, -0.25) is 9.59 Å². The van der Waals surface area contributed by atoms with Crippen molar-refractivity contribution in [2.24, 2.45) is 0 Å². The van der Waals surface area contributed by atoms with E-state index in [1.165, 1.54) is 10.6 Å². The van der Waals surface area contributed by atoms with E-state index in [2.05, 4.69) is 4.98 Å². The number of carbonyl (C=O) groups excluding carboxylic acids is 3. The third-order valence-electron chi connectivity index (χ3n) is 5.69. The summed E-state index contributed by atoms with van der Waals surface area (Å²) < 4.78 is 27.0. The number of aromatic nitrogens is 2. The van der Waals surface area contributed by atoms with Crippen LogP contribution in [0.2, 0.25) is 0 Å². The van der Waals surface area contributed by atoms with Crippen molar-refractivity contribution in [2.75, 3.05) is 0 Å². The zero-order valence-electron chi connectivity index (χ0n) is 16.8. The van der Waals surface area contributed by atoms with Crippen molar-refractivity contribution in [3.63, 3.8) is 0 Å². The van der Waals surface area contributed by atoms with E-state index in [1.54, 1.807) is 0 Å². The van der Waals surface area contributed by atoms with Crippen LogP contribution in [0, 0.1) is 0 Å². The summed E-state index contributed by atoms with van der Waals surface area (Å²) >= 11 is 0. The Kier molecular flexibility index (Phi) is 4.61. The Labute approximate surface area is 180 Å². The summed E-state index contributed by atoms with van der Waals surface area (Å²) in [5.74, 6) is -5.66. The number of hydrogen-bond acceptors (Lipinski definition) is 7. The highest BCUT2D eigenvalue weighted by molar-refractivity contribution is 5.87. The van der Waals surface area contributed by atoms with Crippen molar-refractivity contribution in [1.82, 2.24) is 9.55 Å². The van der Waals surface area contributed by atoms with Gasteiger partial charge in [0.05, 0.1) is 34.6 Å². The van der Waals surface area contributed by atoms with Gasteiger partial charge in [0, 0.05) is 23.8 Å². The maximum absolute atomic E-state index is 15.8. The summed E-state index contributed by atoms with van der Waals surface area (Å²) in [6.07, 6.45) is 0.618. The predicted octanol–water partition coefficient (Wildman–Crippen LogP) is 2.52. The third-order valence-corrected chi connectivity index (χ3v) is 5.69. The molecule has 1 aromatic carbocycles. The molecule has 0 aliphatic carbocycles. The van der Waals surface area contributed by atoms with E-state index in [0.717, 1.165) is 10.9 Å². The maximum atomic E-state index is 15.8. The number of rotatable bonds is 5. The molecule has 4 heterocycles. The fourth-order valence-electron chi connectivity index (χ4n) is 4.12. The van der Waals surface area contributed by atoms with Crippen LogP contribution in [0.15, 0.2) is 41.2 Å². The Morgan fingerprint density at radius 2 is 2.09 bits per heavy atom. The lowest BCUT2D eigenvalue weighted by atomic mass is 9.98. The van der Waals surface area contributed by atoms with Gasteiger partial charge in [0.15, 0.2) is 0 Å². The van der Waals surface area contributed by atoms with Gasteiger partial charge in [0.25, 0.3) is 5.56 Å². The first-order valence-electron chi connectivity index (χ1n) is 10.1. The van der Waals surface area contributed by atoms with Gasteiger partial charge in [-0.1, -0.05) is 18.2 Å². The second kappa shape index (κ2) is 7.37. The number of unbranched alkanes of at least 4 members (excludes halogenated alkanes) is 1. The number of esters is 2. The molecule has 162 valence electrons. The van der Waals surface area contributed by atoms with Crippen molar-refractivity contribution in [3.8, 4) is 11.4 Å². The molecule has 0 amide bonds. The molecular formula is C23H17FN2O6. The van der Waals surface area contributed by atoms with E-state index >= 15 is 4.39 Å². The number of benzene rings is 1. The molecule has 5 rings (SSSR count). The molecular weight excluding hydrogens is 419 g/mol. The summed E-state index contributed by atoms with van der Waals surface area (Å²) in [7, 11) is 0. The van der Waals surface area contributed by atoms with Gasteiger partial charge in [-0.05, 0) is 24.6 Å². The number of cyclic esters (lactones) is 1. The minimum absolute atomic E-state index is 0.0890. The quantitative estimate of drug-likeness (QED) is 0.269. The topological polar surface area (TPSA) is 105 Å². The number of ether oxygens (including phenoxy) is 2. The van der Waals surface area contributed by atoms with E-state index in [0.29, 0.717) is 23.2 Å². The largest absolute Gasteiger partial charge is 0.455 e. The fourth-order valence-corrected chi connectivity index (χ4v) is 4.12. The van der Waals surface area contributed by atoms with E-state index < -0.39 is 30.0 Å². The van der Waals surface area contributed by atoms with Crippen LogP contribution in [-0.2, 0) is 42.9 Å². The number of alkyl halides is 1. The number of fused-ring (bicyclic) bond motifs is 5. The fraction of sp³-hybridized carbons (Fsp3) is 0.261. The van der Waals surface area contributed by atoms with Crippen molar-refractivity contribution >= 4 is 29.1 Å². The maximum Gasteiger partial charge on any atom is 0.390 e. The molecule has 9 heteroatoms. The molecule has 2 aromatic heterocycles. The van der Waals surface area contributed by atoms with Crippen molar-refractivity contribution in [3.05, 3.63) is 63.4 Å². The first kappa shape index (κ1) is 20.0. The second-order valence-corrected chi connectivity index (χ2v) is 7.71. The number of carbonyl (C=O) groups is 3. The highest BCUT2D eigenvalue weighted by Crippen LogP contribution is 2.40. The van der Waals surface area contributed by atoms with Gasteiger partial charge in [0.2, 0.25) is 0 Å². The minimum Gasteiger partial charge on any atom is -0.455 e. The van der Waals surface area contributed by atoms with Crippen LogP contribution in [-0.4, -0.2) is 27.8 Å². The second-order valence-electron chi connectivity index (χ2n) is 7.71. The number of hydrogen-bond donors (Lipinski definition) is 0. The van der Waals surface area contributed by atoms with Crippen LogP contribution in [0.5, 0.6) is 0 Å². The number of aldehydes is 1. The minimum atomic E-state index is -3.25. The zero-order valence-corrected chi connectivity index (χ0v) is 16.8. The van der Waals surface area contributed by atoms with Crippen LogP contribution in [0.3, 0.4) is 0 Å². The number of pyridine rings is 2. The molecule has 0 radical (unpaired) electrons. The number of nitrogens with zero attached hydrogens (tertiary/aromatic N) is 2. The zero-order chi connectivity index (χ0) is 22.5. The Balaban J connectivity index is 1.62. The molecule has 8 nitrogen and oxygen atoms in total. The van der Waals surface area contributed by atoms with Gasteiger partial charge >= 0.3 is 17.8 Å². The van der Waals surface area contributed by atoms with Gasteiger partial charge in [-0.15, -0.1) is 0 Å². The molecule has 0 unspecified atom stereocenters. The van der Waals surface area contributed by atoms with Gasteiger partial charge in [0.1, 0.15) is 12.9 Å². The lowest BCUT2D eigenvalue weighted by molar-refractivity contribution is -0.214. The van der Waals surface area contributed by atoms with Crippen LogP contribution >= 0.6 is 0 Å². The molecule has 0 saturated heterocycles. The van der Waals surface area contributed by atoms with E-state index in [4.69, 9.17) is 9.47 Å². The van der Waals surface area contributed by atoms with Gasteiger partial charge in [-0.25, -0.2) is 9.78 Å². The van der Waals surface area contributed by atoms with Crippen molar-refractivity contribution in [2.45, 2.75) is 38.3 Å². The van der Waals surface area contributed by atoms with Crippen molar-refractivity contribution in [1.29, 1.82) is 0 Å². The average molecular weight is 436 g/mol. The highest BCUT2D eigenvalue weighted by Gasteiger charge is 2.52.